The molecular weight excluding hydrogens is 1020 g/mol. The van der Waals surface area contributed by atoms with E-state index < -0.39 is 46.5 Å². The Hall–Kier alpha value is -10.2. The van der Waals surface area contributed by atoms with Crippen LogP contribution in [0.5, 0.6) is 0 Å². The monoisotopic (exact) mass is 1060 g/mol. The first kappa shape index (κ1) is 50.6. The van der Waals surface area contributed by atoms with Gasteiger partial charge in [0.15, 0.2) is 5.82 Å². The highest BCUT2D eigenvalue weighted by atomic mass is 19.2. The molecule has 0 atom stereocenters. The van der Waals surface area contributed by atoms with E-state index in [4.69, 9.17) is 4.98 Å². The molecule has 4 nitrogen and oxygen atoms in total. The maximum absolute atomic E-state index is 16.2. The molecule has 80 heavy (non-hydrogen) atoms. The van der Waals surface area contributed by atoms with E-state index in [0.717, 1.165) is 35.0 Å². The fourth-order valence-corrected chi connectivity index (χ4v) is 9.96. The third-order valence-electron chi connectivity index (χ3n) is 13.9. The largest absolute Gasteiger partial charge is 0.256 e. The van der Waals surface area contributed by atoms with Gasteiger partial charge in [-0.15, -0.1) is 0 Å². The van der Waals surface area contributed by atoms with E-state index in [2.05, 4.69) is 15.0 Å². The summed E-state index contributed by atoms with van der Waals surface area (Å²) < 4.78 is 120. The van der Waals surface area contributed by atoms with Crippen LogP contribution in [0.25, 0.3) is 123 Å². The van der Waals surface area contributed by atoms with Gasteiger partial charge in [-0.2, -0.15) is 0 Å². The van der Waals surface area contributed by atoms with E-state index in [9.17, 15) is 22.0 Å². The van der Waals surface area contributed by atoms with Gasteiger partial charge in [0, 0.05) is 58.5 Å². The summed E-state index contributed by atoms with van der Waals surface area (Å²) in [5.41, 5.74) is 10.4. The van der Waals surface area contributed by atoms with E-state index >= 15 is 13.2 Å². The van der Waals surface area contributed by atoms with Crippen molar-refractivity contribution in [1.82, 2.24) is 19.9 Å². The quantitative estimate of drug-likeness (QED) is 0.121. The molecule has 4 aromatic heterocycles. The van der Waals surface area contributed by atoms with Gasteiger partial charge >= 0.3 is 0 Å². The molecule has 0 amide bonds. The molecule has 0 radical (unpaired) electrons. The lowest BCUT2D eigenvalue weighted by Gasteiger charge is -2.19. The minimum atomic E-state index is -0.910. The zero-order valence-corrected chi connectivity index (χ0v) is 41.8. The summed E-state index contributed by atoms with van der Waals surface area (Å²) in [5, 5.41) is 0. The number of hydrogen-bond donors (Lipinski definition) is 0. The first-order valence-electron chi connectivity index (χ1n) is 25.1. The third-order valence-corrected chi connectivity index (χ3v) is 13.9. The first-order valence-corrected chi connectivity index (χ1v) is 25.1. The molecule has 12 rings (SSSR count). The molecule has 0 bridgehead atoms. The van der Waals surface area contributed by atoms with Crippen LogP contribution < -0.4 is 0 Å². The van der Waals surface area contributed by atoms with Crippen molar-refractivity contribution in [2.45, 2.75) is 0 Å². The molecule has 12 heteroatoms. The summed E-state index contributed by atoms with van der Waals surface area (Å²) in [6.07, 6.45) is 5.53. The second-order valence-electron chi connectivity index (χ2n) is 18.9. The Kier molecular flexibility index (Phi) is 13.5. The van der Waals surface area contributed by atoms with E-state index in [1.54, 1.807) is 72.9 Å². The predicted octanol–water partition coefficient (Wildman–Crippen LogP) is 18.7. The van der Waals surface area contributed by atoms with E-state index in [1.807, 2.05) is 60.7 Å². The Bertz CT molecular complexity index is 4140. The van der Waals surface area contributed by atoms with Gasteiger partial charge in [-0.3, -0.25) is 15.0 Å². The van der Waals surface area contributed by atoms with Crippen LogP contribution in [0.3, 0.4) is 0 Å². The van der Waals surface area contributed by atoms with Gasteiger partial charge in [-0.05, 0) is 182 Å². The molecule has 12 aromatic rings. The van der Waals surface area contributed by atoms with Crippen LogP contribution in [-0.4, -0.2) is 19.9 Å². The highest BCUT2D eigenvalue weighted by Gasteiger charge is 2.22. The lowest BCUT2D eigenvalue weighted by Crippen LogP contribution is -1.96. The number of rotatable bonds is 11. The Balaban J connectivity index is 1.06. The average molecular weight is 1060 g/mol. The lowest BCUT2D eigenvalue weighted by atomic mass is 9.85. The van der Waals surface area contributed by atoms with Crippen molar-refractivity contribution >= 4 is 0 Å². The number of nitrogens with zero attached hydrogens (tertiary/aromatic N) is 4. The van der Waals surface area contributed by atoms with Crippen LogP contribution in [0.4, 0.5) is 35.1 Å². The summed E-state index contributed by atoms with van der Waals surface area (Å²) in [4.78, 5) is 17.8. The smallest absolute Gasteiger partial charge is 0.153 e. The fourth-order valence-electron chi connectivity index (χ4n) is 9.96. The second kappa shape index (κ2) is 21.3. The maximum atomic E-state index is 16.2. The molecule has 8 aromatic carbocycles. The molecule has 0 saturated carbocycles. The molecule has 0 saturated heterocycles. The van der Waals surface area contributed by atoms with Crippen LogP contribution in [0.15, 0.2) is 231 Å². The van der Waals surface area contributed by atoms with Crippen molar-refractivity contribution in [2.24, 2.45) is 0 Å². The van der Waals surface area contributed by atoms with Crippen LogP contribution in [0.1, 0.15) is 0 Å². The van der Waals surface area contributed by atoms with E-state index in [-0.39, 0.29) is 22.6 Å². The van der Waals surface area contributed by atoms with Gasteiger partial charge in [-0.25, -0.2) is 40.1 Å². The summed E-state index contributed by atoms with van der Waals surface area (Å²) in [6, 6.07) is 54.1. The SMILES string of the molecule is Fc1ccc(-c2cc(-c3ccc(-c4ccccc4)cc3)c(-c3ccc(F)cc3-c3cc(-c4cc(F)ccc4-c4ccc(-c5ccc(F)cc5F)nc4)cc(-c4cc(F)ccc4-c4ccc(-c5ncc(F)cc5F)nc4)c3)cn2)cc1. The van der Waals surface area contributed by atoms with E-state index in [1.165, 1.54) is 73.1 Å². The highest BCUT2D eigenvalue weighted by molar-refractivity contribution is 5.97. The second-order valence-corrected chi connectivity index (χ2v) is 18.9. The minimum absolute atomic E-state index is 0.0724. The van der Waals surface area contributed by atoms with Crippen LogP contribution in [0.2, 0.25) is 0 Å². The zero-order chi connectivity index (χ0) is 55.0. The standard InChI is InChI=1S/C68H38F8N4/c69-48-14-10-42(11-15-48)67-34-61(41-8-6-40(7-9-41)39-4-2-1-3-5-39)62(38-79-67)56-22-18-51(72)31-60(56)47-27-45(58-29-49(70)16-20-54(58)43-12-24-65(77-35-43)57-23-19-52(73)32-63(57)75)26-46(28-47)59-30-50(71)17-21-55(59)44-13-25-66(78-36-44)68-64(76)33-53(74)37-80-68/h1-38H. The van der Waals surface area contributed by atoms with Crippen LogP contribution in [0, 0.1) is 46.5 Å². The third kappa shape index (κ3) is 10.3. The van der Waals surface area contributed by atoms with Crippen molar-refractivity contribution in [3.05, 3.63) is 278 Å². The number of pyridine rings is 4. The maximum Gasteiger partial charge on any atom is 0.153 e. The summed E-state index contributed by atoms with van der Waals surface area (Å²) in [7, 11) is 0. The molecule has 0 aliphatic rings. The Morgan fingerprint density at radius 1 is 0.200 bits per heavy atom. The zero-order valence-electron chi connectivity index (χ0n) is 41.8. The molecule has 0 aliphatic carbocycles. The van der Waals surface area contributed by atoms with Gasteiger partial charge in [0.1, 0.15) is 46.4 Å². The lowest BCUT2D eigenvalue weighted by molar-refractivity contribution is 0.575. The normalized spacial score (nSPS) is 11.2. The summed E-state index contributed by atoms with van der Waals surface area (Å²) in [5.74, 6) is -5.50. The molecule has 386 valence electrons. The number of halogens is 8. The van der Waals surface area contributed by atoms with Gasteiger partial charge < -0.3 is 0 Å². The summed E-state index contributed by atoms with van der Waals surface area (Å²) in [6.45, 7) is 0. The molecule has 0 spiro atoms. The van der Waals surface area contributed by atoms with Crippen molar-refractivity contribution in [2.75, 3.05) is 0 Å². The molecule has 0 N–H and O–H groups in total. The van der Waals surface area contributed by atoms with Gasteiger partial charge in [0.05, 0.1) is 23.3 Å². The van der Waals surface area contributed by atoms with Crippen molar-refractivity contribution in [1.29, 1.82) is 0 Å². The topological polar surface area (TPSA) is 51.6 Å². The highest BCUT2D eigenvalue weighted by Crippen LogP contribution is 2.45. The minimum Gasteiger partial charge on any atom is -0.256 e. The Morgan fingerprint density at radius 3 is 1.19 bits per heavy atom. The van der Waals surface area contributed by atoms with E-state index in [0.29, 0.717) is 89.6 Å². The van der Waals surface area contributed by atoms with Gasteiger partial charge in [0.25, 0.3) is 0 Å². The molecule has 4 heterocycles. The molecule has 0 aliphatic heterocycles. The molecular formula is C68H38F8N4. The molecule has 0 fully saturated rings. The van der Waals surface area contributed by atoms with Gasteiger partial charge in [-0.1, -0.05) is 84.9 Å². The van der Waals surface area contributed by atoms with Crippen LogP contribution >= 0.6 is 0 Å². The number of aromatic nitrogens is 4. The number of hydrogen-bond acceptors (Lipinski definition) is 4. The fraction of sp³-hybridized carbons (Fsp3) is 0. The molecule has 0 unspecified atom stereocenters. The van der Waals surface area contributed by atoms with Crippen molar-refractivity contribution in [3.8, 4) is 123 Å². The van der Waals surface area contributed by atoms with Crippen molar-refractivity contribution in [3.63, 3.8) is 0 Å². The Morgan fingerprint density at radius 2 is 0.637 bits per heavy atom. The number of benzene rings is 8. The Labute approximate surface area is 453 Å². The van der Waals surface area contributed by atoms with Crippen molar-refractivity contribution < 1.29 is 35.1 Å². The van der Waals surface area contributed by atoms with Crippen LogP contribution in [-0.2, 0) is 0 Å². The first-order chi connectivity index (χ1) is 38.9. The summed E-state index contributed by atoms with van der Waals surface area (Å²) >= 11 is 0. The predicted molar refractivity (Wildman–Crippen MR) is 297 cm³/mol. The van der Waals surface area contributed by atoms with Gasteiger partial charge in [0.2, 0.25) is 0 Å². The average Bonchev–Trinajstić information content (AvgIpc) is 3.56.